The minimum absolute atomic E-state index is 0.0575. The molecule has 0 aliphatic carbocycles. The van der Waals surface area contributed by atoms with E-state index in [0.717, 1.165) is 32.1 Å². The normalized spacial score (nSPS) is 13.1. The van der Waals surface area contributed by atoms with E-state index in [1.165, 1.54) is 250 Å². The summed E-state index contributed by atoms with van der Waals surface area (Å²) < 4.78 is 33.0. The van der Waals surface area contributed by atoms with Gasteiger partial charge < -0.3 is 20.1 Å². The topological polar surface area (TPSA) is 134 Å². The number of unbranched alkanes of at least 4 members (excludes halogenated alkanes) is 42. The first-order valence-electron chi connectivity index (χ1n) is 29.7. The molecule has 0 heterocycles. The van der Waals surface area contributed by atoms with Crippen LogP contribution in [0.2, 0.25) is 0 Å². The average Bonchev–Trinajstić information content (AvgIpc) is 3.33. The Morgan fingerprint density at radius 2 is 0.721 bits per heavy atom. The van der Waals surface area contributed by atoms with Crippen molar-refractivity contribution in [3.8, 4) is 0 Å². The van der Waals surface area contributed by atoms with Gasteiger partial charge in [-0.3, -0.25) is 18.6 Å². The summed E-state index contributed by atoms with van der Waals surface area (Å²) in [7, 11) is -4.38. The minimum Gasteiger partial charge on any atom is -0.462 e. The molecule has 0 aromatic carbocycles. The van der Waals surface area contributed by atoms with Crippen LogP contribution >= 0.6 is 7.82 Å². The van der Waals surface area contributed by atoms with E-state index in [1.807, 2.05) is 0 Å². The van der Waals surface area contributed by atoms with Gasteiger partial charge in [-0.1, -0.05) is 276 Å². The van der Waals surface area contributed by atoms with Crippen molar-refractivity contribution < 1.29 is 37.6 Å². The zero-order chi connectivity index (χ0) is 49.5. The summed E-state index contributed by atoms with van der Waals surface area (Å²) in [5.74, 6) is -0.806. The molecule has 3 N–H and O–H groups in total. The Labute approximate surface area is 421 Å². The summed E-state index contributed by atoms with van der Waals surface area (Å²) in [6.07, 6.45) is 62.8. The van der Waals surface area contributed by atoms with Crippen molar-refractivity contribution in [2.24, 2.45) is 5.73 Å². The maximum atomic E-state index is 12.7. The van der Waals surface area contributed by atoms with E-state index in [4.69, 9.17) is 24.3 Å². The number of ether oxygens (including phenoxy) is 2. The van der Waals surface area contributed by atoms with Gasteiger partial charge in [-0.25, -0.2) is 4.57 Å². The number of carbonyl (C=O) groups excluding carboxylic acids is 2. The molecule has 0 aromatic rings. The number of carbonyl (C=O) groups is 2. The third-order valence-electron chi connectivity index (χ3n) is 13.4. The fraction of sp³-hybridized carbons (Fsp3) is 0.931. The van der Waals surface area contributed by atoms with Gasteiger partial charge in [-0.15, -0.1) is 0 Å². The predicted octanol–water partition coefficient (Wildman–Crippen LogP) is 18.5. The molecule has 0 aliphatic heterocycles. The summed E-state index contributed by atoms with van der Waals surface area (Å²) in [6.45, 7) is 3.81. The van der Waals surface area contributed by atoms with Crippen molar-refractivity contribution in [2.75, 3.05) is 26.4 Å². The molecule has 404 valence electrons. The lowest BCUT2D eigenvalue weighted by molar-refractivity contribution is -0.161. The molecule has 2 unspecified atom stereocenters. The second-order valence-corrected chi connectivity index (χ2v) is 21.7. The van der Waals surface area contributed by atoms with Crippen LogP contribution in [-0.4, -0.2) is 49.3 Å². The first-order chi connectivity index (χ1) is 33.3. The Kier molecular flexibility index (Phi) is 54.1. The van der Waals surface area contributed by atoms with Gasteiger partial charge in [-0.2, -0.15) is 0 Å². The van der Waals surface area contributed by atoms with E-state index >= 15 is 0 Å². The Morgan fingerprint density at radius 1 is 0.426 bits per heavy atom. The first kappa shape index (κ1) is 66.8. The van der Waals surface area contributed by atoms with Crippen LogP contribution in [0.5, 0.6) is 0 Å². The molecule has 0 aromatic heterocycles. The highest BCUT2D eigenvalue weighted by molar-refractivity contribution is 7.47. The molecule has 0 amide bonds. The highest BCUT2D eigenvalue weighted by Crippen LogP contribution is 2.43. The Morgan fingerprint density at radius 3 is 1.04 bits per heavy atom. The van der Waals surface area contributed by atoms with E-state index < -0.39 is 26.5 Å². The molecule has 0 radical (unpaired) electrons. The third-order valence-corrected chi connectivity index (χ3v) is 14.4. The average molecular weight is 985 g/mol. The van der Waals surface area contributed by atoms with Gasteiger partial charge in [0.15, 0.2) is 6.10 Å². The summed E-state index contributed by atoms with van der Waals surface area (Å²) in [4.78, 5) is 35.1. The lowest BCUT2D eigenvalue weighted by Crippen LogP contribution is -2.29. The second-order valence-electron chi connectivity index (χ2n) is 20.2. The standard InChI is InChI=1S/C58H114NO8P/c1-3-5-7-9-11-13-15-17-19-21-22-23-24-25-26-27-28-29-30-31-32-33-34-35-37-39-41-43-45-47-49-51-58(61)67-56(55-66-68(62,63)65-53-52-59)54-64-57(60)50-48-46-44-42-40-38-36-20-18-16-14-12-10-8-6-4-2/h21-22,56H,3-20,23-55,59H2,1-2H3,(H,62,63)/b22-21-. The molecule has 0 rings (SSSR count). The van der Waals surface area contributed by atoms with Crippen LogP contribution in [0, 0.1) is 0 Å². The Balaban J connectivity index is 3.84. The van der Waals surface area contributed by atoms with Crippen LogP contribution in [0.25, 0.3) is 0 Å². The van der Waals surface area contributed by atoms with Gasteiger partial charge in [0.1, 0.15) is 6.61 Å². The first-order valence-corrected chi connectivity index (χ1v) is 31.2. The van der Waals surface area contributed by atoms with Gasteiger partial charge >= 0.3 is 19.8 Å². The van der Waals surface area contributed by atoms with Gasteiger partial charge in [0.05, 0.1) is 13.2 Å². The molecule has 9 nitrogen and oxygen atoms in total. The molecule has 0 saturated heterocycles. The number of hydrogen-bond donors (Lipinski definition) is 2. The van der Waals surface area contributed by atoms with Crippen molar-refractivity contribution in [3.63, 3.8) is 0 Å². The van der Waals surface area contributed by atoms with Crippen molar-refractivity contribution in [1.29, 1.82) is 0 Å². The fourth-order valence-corrected chi connectivity index (χ4v) is 9.75. The lowest BCUT2D eigenvalue weighted by Gasteiger charge is -2.19. The molecule has 0 fully saturated rings. The minimum atomic E-state index is -4.38. The number of esters is 2. The van der Waals surface area contributed by atoms with Crippen LogP contribution in [0.4, 0.5) is 0 Å². The van der Waals surface area contributed by atoms with Crippen molar-refractivity contribution in [2.45, 2.75) is 322 Å². The van der Waals surface area contributed by atoms with Crippen molar-refractivity contribution in [1.82, 2.24) is 0 Å². The Bertz CT molecular complexity index is 1120. The second kappa shape index (κ2) is 55.1. The van der Waals surface area contributed by atoms with E-state index in [1.54, 1.807) is 0 Å². The number of nitrogens with two attached hydrogens (primary N) is 1. The van der Waals surface area contributed by atoms with Crippen LogP contribution in [0.3, 0.4) is 0 Å². The molecule has 0 spiro atoms. The van der Waals surface area contributed by atoms with Gasteiger partial charge in [0, 0.05) is 19.4 Å². The maximum absolute atomic E-state index is 12.7. The van der Waals surface area contributed by atoms with E-state index in [9.17, 15) is 19.0 Å². The molecule has 0 aliphatic rings. The maximum Gasteiger partial charge on any atom is 0.472 e. The molecule has 10 heteroatoms. The van der Waals surface area contributed by atoms with Crippen molar-refractivity contribution in [3.05, 3.63) is 12.2 Å². The summed E-state index contributed by atoms with van der Waals surface area (Å²) in [5, 5.41) is 0. The van der Waals surface area contributed by atoms with Crippen LogP contribution in [-0.2, 0) is 32.7 Å². The quantitative estimate of drug-likeness (QED) is 0.0264. The smallest absolute Gasteiger partial charge is 0.462 e. The SMILES string of the molecule is CCCCCCCCCC/C=C\CCCCCCCCCCCCCCCCCCCCCC(=O)OC(COC(=O)CCCCCCCCCCCCCCCCCC)COP(=O)(O)OCCN. The van der Waals surface area contributed by atoms with E-state index in [0.29, 0.717) is 6.42 Å². The highest BCUT2D eigenvalue weighted by Gasteiger charge is 2.26. The summed E-state index contributed by atoms with van der Waals surface area (Å²) in [6, 6.07) is 0. The molecule has 0 saturated carbocycles. The largest absolute Gasteiger partial charge is 0.472 e. The van der Waals surface area contributed by atoms with E-state index in [-0.39, 0.29) is 38.6 Å². The summed E-state index contributed by atoms with van der Waals surface area (Å²) in [5.41, 5.74) is 5.38. The van der Waals surface area contributed by atoms with Crippen LogP contribution in [0.1, 0.15) is 316 Å². The molecular weight excluding hydrogens is 870 g/mol. The van der Waals surface area contributed by atoms with E-state index in [2.05, 4.69) is 26.0 Å². The number of phosphoric ester groups is 1. The number of phosphoric acid groups is 1. The monoisotopic (exact) mass is 984 g/mol. The van der Waals surface area contributed by atoms with Gasteiger partial charge in [0.25, 0.3) is 0 Å². The number of rotatable bonds is 57. The van der Waals surface area contributed by atoms with Gasteiger partial charge in [0.2, 0.25) is 0 Å². The zero-order valence-electron chi connectivity index (χ0n) is 45.1. The van der Waals surface area contributed by atoms with Crippen LogP contribution in [0.15, 0.2) is 12.2 Å². The number of hydrogen-bond acceptors (Lipinski definition) is 8. The highest BCUT2D eigenvalue weighted by atomic mass is 31.2. The predicted molar refractivity (Wildman–Crippen MR) is 289 cm³/mol. The molecule has 2 atom stereocenters. The molecule has 0 bridgehead atoms. The fourth-order valence-electron chi connectivity index (χ4n) is 8.99. The molecule has 68 heavy (non-hydrogen) atoms. The van der Waals surface area contributed by atoms with Crippen molar-refractivity contribution >= 4 is 19.8 Å². The van der Waals surface area contributed by atoms with Gasteiger partial charge in [-0.05, 0) is 38.5 Å². The van der Waals surface area contributed by atoms with Crippen LogP contribution < -0.4 is 5.73 Å². The Hall–Kier alpha value is -1.25. The third kappa shape index (κ3) is 54.1. The summed E-state index contributed by atoms with van der Waals surface area (Å²) >= 11 is 0. The number of allylic oxidation sites excluding steroid dienone is 2. The zero-order valence-corrected chi connectivity index (χ0v) is 46.0. The lowest BCUT2D eigenvalue weighted by atomic mass is 10.0. The molecular formula is C58H114NO8P.